The third kappa shape index (κ3) is 3.99. The lowest BCUT2D eigenvalue weighted by Crippen LogP contribution is -2.02. The summed E-state index contributed by atoms with van der Waals surface area (Å²) >= 11 is 4.45. The van der Waals surface area contributed by atoms with Crippen LogP contribution in [0.5, 0.6) is 0 Å². The van der Waals surface area contributed by atoms with Gasteiger partial charge in [0.2, 0.25) is 0 Å². The van der Waals surface area contributed by atoms with Gasteiger partial charge in [-0.15, -0.1) is 12.6 Å². The average molecular weight is 321 g/mol. The molecule has 116 valence electrons. The standard InChI is InChI=1S/C20H19NOS/c22-17(11-8-15-5-2-1-3-6-15)12-9-16-10-13-19(23)20-18(16)7-4-14-21-20/h1-7,10,13-14,23H,8-9,11-12H2. The van der Waals surface area contributed by atoms with Crippen LogP contribution >= 0.6 is 12.6 Å². The van der Waals surface area contributed by atoms with E-state index in [4.69, 9.17) is 0 Å². The zero-order chi connectivity index (χ0) is 16.1. The molecule has 0 fully saturated rings. The molecule has 0 saturated heterocycles. The van der Waals surface area contributed by atoms with Gasteiger partial charge in [0, 0.05) is 29.3 Å². The Balaban J connectivity index is 1.62. The number of aromatic nitrogens is 1. The van der Waals surface area contributed by atoms with Crippen LogP contribution in [0.3, 0.4) is 0 Å². The van der Waals surface area contributed by atoms with Gasteiger partial charge in [0.15, 0.2) is 0 Å². The predicted molar refractivity (Wildman–Crippen MR) is 97.1 cm³/mol. The van der Waals surface area contributed by atoms with Crippen molar-refractivity contribution in [3.63, 3.8) is 0 Å². The Morgan fingerprint density at radius 1 is 0.913 bits per heavy atom. The van der Waals surface area contributed by atoms with Crippen molar-refractivity contribution in [1.29, 1.82) is 0 Å². The summed E-state index contributed by atoms with van der Waals surface area (Å²) in [5.41, 5.74) is 3.29. The SMILES string of the molecule is O=C(CCc1ccccc1)CCc1ccc(S)c2ncccc12. The van der Waals surface area contributed by atoms with Crippen molar-refractivity contribution < 1.29 is 4.79 Å². The number of nitrogens with zero attached hydrogens (tertiary/aromatic N) is 1. The number of pyridine rings is 1. The Bertz CT molecular complexity index is 814. The van der Waals surface area contributed by atoms with E-state index in [9.17, 15) is 4.79 Å². The van der Waals surface area contributed by atoms with Crippen LogP contribution in [0.25, 0.3) is 10.9 Å². The summed E-state index contributed by atoms with van der Waals surface area (Å²) in [5.74, 6) is 0.306. The van der Waals surface area contributed by atoms with Crippen LogP contribution in [0.4, 0.5) is 0 Å². The first-order valence-electron chi connectivity index (χ1n) is 7.85. The average Bonchev–Trinajstić information content (AvgIpc) is 2.60. The lowest BCUT2D eigenvalue weighted by Gasteiger charge is -2.07. The molecule has 0 spiro atoms. The van der Waals surface area contributed by atoms with Crippen LogP contribution in [0.15, 0.2) is 65.7 Å². The van der Waals surface area contributed by atoms with Crippen LogP contribution < -0.4 is 0 Å². The van der Waals surface area contributed by atoms with Gasteiger partial charge < -0.3 is 0 Å². The van der Waals surface area contributed by atoms with E-state index < -0.39 is 0 Å². The number of thiol groups is 1. The minimum absolute atomic E-state index is 0.306. The van der Waals surface area contributed by atoms with E-state index >= 15 is 0 Å². The Morgan fingerprint density at radius 3 is 2.52 bits per heavy atom. The second kappa shape index (κ2) is 7.42. The topological polar surface area (TPSA) is 30.0 Å². The number of carbonyl (C=O) groups excluding carboxylic acids is 1. The first-order chi connectivity index (χ1) is 11.2. The molecule has 2 nitrogen and oxygen atoms in total. The van der Waals surface area contributed by atoms with Crippen molar-refractivity contribution in [2.24, 2.45) is 0 Å². The molecule has 0 atom stereocenters. The third-order valence-electron chi connectivity index (χ3n) is 4.05. The lowest BCUT2D eigenvalue weighted by molar-refractivity contribution is -0.119. The summed E-state index contributed by atoms with van der Waals surface area (Å²) in [6, 6.07) is 18.1. The maximum atomic E-state index is 12.2. The molecule has 1 heterocycles. The zero-order valence-corrected chi connectivity index (χ0v) is 13.8. The number of aryl methyl sites for hydroxylation is 2. The minimum atomic E-state index is 0.306. The second-order valence-electron chi connectivity index (χ2n) is 5.67. The van der Waals surface area contributed by atoms with Gasteiger partial charge in [-0.2, -0.15) is 0 Å². The van der Waals surface area contributed by atoms with Gasteiger partial charge >= 0.3 is 0 Å². The lowest BCUT2D eigenvalue weighted by atomic mass is 10.00. The van der Waals surface area contributed by atoms with Crippen molar-refractivity contribution in [2.75, 3.05) is 0 Å². The molecular formula is C20H19NOS. The highest BCUT2D eigenvalue weighted by atomic mass is 32.1. The Hall–Kier alpha value is -2.13. The normalized spacial score (nSPS) is 10.8. The maximum absolute atomic E-state index is 12.2. The summed E-state index contributed by atoms with van der Waals surface area (Å²) in [4.78, 5) is 17.4. The molecule has 0 aliphatic carbocycles. The predicted octanol–water partition coefficient (Wildman–Crippen LogP) is 4.66. The van der Waals surface area contributed by atoms with Crippen LogP contribution in [0.1, 0.15) is 24.0 Å². The Labute approximate surface area is 142 Å². The van der Waals surface area contributed by atoms with E-state index in [-0.39, 0.29) is 0 Å². The van der Waals surface area contributed by atoms with E-state index in [2.05, 4.69) is 35.8 Å². The molecule has 0 radical (unpaired) electrons. The fourth-order valence-corrected chi connectivity index (χ4v) is 3.02. The van der Waals surface area contributed by atoms with Gasteiger partial charge in [0.1, 0.15) is 5.78 Å². The Kier molecular flexibility index (Phi) is 5.09. The smallest absolute Gasteiger partial charge is 0.133 e. The molecule has 0 amide bonds. The number of ketones is 1. The number of carbonyl (C=O) groups is 1. The van der Waals surface area contributed by atoms with Crippen molar-refractivity contribution in [3.05, 3.63) is 71.9 Å². The van der Waals surface area contributed by atoms with Crippen molar-refractivity contribution in [1.82, 2.24) is 4.98 Å². The molecule has 0 N–H and O–H groups in total. The van der Waals surface area contributed by atoms with Crippen LogP contribution in [-0.2, 0) is 17.6 Å². The fraction of sp³-hybridized carbons (Fsp3) is 0.200. The van der Waals surface area contributed by atoms with Gasteiger partial charge in [-0.3, -0.25) is 9.78 Å². The highest BCUT2D eigenvalue weighted by Gasteiger charge is 2.08. The van der Waals surface area contributed by atoms with E-state index in [1.807, 2.05) is 36.4 Å². The maximum Gasteiger partial charge on any atom is 0.133 e. The van der Waals surface area contributed by atoms with Gasteiger partial charge in [0.05, 0.1) is 5.52 Å². The molecule has 3 rings (SSSR count). The molecule has 1 aromatic heterocycles. The minimum Gasteiger partial charge on any atom is -0.300 e. The summed E-state index contributed by atoms with van der Waals surface area (Å²) in [6.45, 7) is 0. The molecule has 0 aliphatic rings. The number of hydrogen-bond donors (Lipinski definition) is 1. The molecule has 0 unspecified atom stereocenters. The highest BCUT2D eigenvalue weighted by Crippen LogP contribution is 2.24. The molecular weight excluding hydrogens is 302 g/mol. The number of fused-ring (bicyclic) bond motifs is 1. The molecule has 3 heteroatoms. The van der Waals surface area contributed by atoms with Crippen molar-refractivity contribution in [3.8, 4) is 0 Å². The van der Waals surface area contributed by atoms with Crippen LogP contribution in [0.2, 0.25) is 0 Å². The Morgan fingerprint density at radius 2 is 1.70 bits per heavy atom. The molecule has 23 heavy (non-hydrogen) atoms. The monoisotopic (exact) mass is 321 g/mol. The van der Waals surface area contributed by atoms with Gasteiger partial charge in [0.25, 0.3) is 0 Å². The quantitative estimate of drug-likeness (QED) is 0.669. The molecule has 0 saturated carbocycles. The fourth-order valence-electron chi connectivity index (χ4n) is 2.76. The molecule has 3 aromatic rings. The number of hydrogen-bond acceptors (Lipinski definition) is 3. The largest absolute Gasteiger partial charge is 0.300 e. The second-order valence-corrected chi connectivity index (χ2v) is 6.15. The summed E-state index contributed by atoms with van der Waals surface area (Å²) < 4.78 is 0. The van der Waals surface area contributed by atoms with Crippen molar-refractivity contribution in [2.45, 2.75) is 30.6 Å². The number of Topliss-reactive ketones (excluding diaryl/α,β-unsaturated/α-hetero) is 1. The first kappa shape index (κ1) is 15.8. The van der Waals surface area contributed by atoms with E-state index in [0.29, 0.717) is 18.6 Å². The van der Waals surface area contributed by atoms with Gasteiger partial charge in [-0.25, -0.2) is 0 Å². The molecule has 2 aromatic carbocycles. The van der Waals surface area contributed by atoms with Crippen LogP contribution in [0, 0.1) is 0 Å². The third-order valence-corrected chi connectivity index (χ3v) is 4.41. The van der Waals surface area contributed by atoms with Gasteiger partial charge in [-0.05, 0) is 36.1 Å². The highest BCUT2D eigenvalue weighted by molar-refractivity contribution is 7.80. The summed E-state index contributed by atoms with van der Waals surface area (Å²) in [7, 11) is 0. The van der Waals surface area contributed by atoms with Gasteiger partial charge in [-0.1, -0.05) is 42.5 Å². The van der Waals surface area contributed by atoms with Crippen LogP contribution in [-0.4, -0.2) is 10.8 Å². The summed E-state index contributed by atoms with van der Waals surface area (Å²) in [6.07, 6.45) is 4.52. The zero-order valence-electron chi connectivity index (χ0n) is 12.9. The summed E-state index contributed by atoms with van der Waals surface area (Å²) in [5, 5.41) is 1.09. The molecule has 0 aliphatic heterocycles. The van der Waals surface area contributed by atoms with E-state index in [1.54, 1.807) is 6.20 Å². The van der Waals surface area contributed by atoms with E-state index in [0.717, 1.165) is 28.6 Å². The van der Waals surface area contributed by atoms with Crippen molar-refractivity contribution >= 4 is 29.3 Å². The van der Waals surface area contributed by atoms with E-state index in [1.165, 1.54) is 11.1 Å². The number of rotatable bonds is 6. The first-order valence-corrected chi connectivity index (χ1v) is 8.30. The number of benzene rings is 2. The molecule has 0 bridgehead atoms.